The summed E-state index contributed by atoms with van der Waals surface area (Å²) < 4.78 is 23.2. The van der Waals surface area contributed by atoms with Crippen LogP contribution < -0.4 is 5.32 Å². The van der Waals surface area contributed by atoms with Crippen LogP contribution in [0.1, 0.15) is 15.9 Å². The summed E-state index contributed by atoms with van der Waals surface area (Å²) in [7, 11) is -2.90. The molecule has 1 saturated heterocycles. The van der Waals surface area contributed by atoms with Crippen molar-refractivity contribution in [1.29, 1.82) is 0 Å². The number of rotatable bonds is 5. The van der Waals surface area contributed by atoms with Gasteiger partial charge in [-0.25, -0.2) is 8.42 Å². The van der Waals surface area contributed by atoms with Gasteiger partial charge < -0.3 is 5.32 Å². The van der Waals surface area contributed by atoms with E-state index in [2.05, 4.69) is 25.6 Å². The van der Waals surface area contributed by atoms with E-state index >= 15 is 0 Å². The van der Waals surface area contributed by atoms with Crippen LogP contribution >= 0.6 is 0 Å². The van der Waals surface area contributed by atoms with Gasteiger partial charge in [-0.05, 0) is 29.8 Å². The largest absolute Gasteiger partial charge is 0.322 e. The van der Waals surface area contributed by atoms with E-state index in [-0.39, 0.29) is 17.4 Å². The molecule has 9 heteroatoms. The lowest BCUT2D eigenvalue weighted by Crippen LogP contribution is -2.39. The van der Waals surface area contributed by atoms with Gasteiger partial charge in [0.15, 0.2) is 9.84 Å². The van der Waals surface area contributed by atoms with E-state index in [1.54, 1.807) is 12.3 Å². The van der Waals surface area contributed by atoms with Gasteiger partial charge >= 0.3 is 0 Å². The topological polar surface area (TPSA) is 108 Å². The minimum Gasteiger partial charge on any atom is -0.322 e. The second-order valence-corrected chi connectivity index (χ2v) is 9.32. The molecular formula is C20H21N5O3S. The molecule has 0 atom stereocenters. The molecule has 1 amide bonds. The molecule has 0 aliphatic carbocycles. The highest BCUT2D eigenvalue weighted by molar-refractivity contribution is 7.91. The zero-order valence-electron chi connectivity index (χ0n) is 15.7. The van der Waals surface area contributed by atoms with Crippen LogP contribution in [0.5, 0.6) is 0 Å². The van der Waals surface area contributed by atoms with Crippen LogP contribution in [0.25, 0.3) is 11.3 Å². The zero-order chi connectivity index (χ0) is 20.3. The van der Waals surface area contributed by atoms with Crippen LogP contribution in [0, 0.1) is 0 Å². The first kappa shape index (κ1) is 19.3. The van der Waals surface area contributed by atoms with Crippen molar-refractivity contribution in [3.05, 3.63) is 65.9 Å². The van der Waals surface area contributed by atoms with Crippen molar-refractivity contribution in [2.24, 2.45) is 0 Å². The Morgan fingerprint density at radius 2 is 1.90 bits per heavy atom. The predicted octanol–water partition coefficient (Wildman–Crippen LogP) is 1.95. The van der Waals surface area contributed by atoms with E-state index in [0.29, 0.717) is 36.6 Å². The quantitative estimate of drug-likeness (QED) is 0.664. The number of carbonyl (C=O) groups excluding carboxylic acids is 1. The number of hydrogen-bond donors (Lipinski definition) is 2. The molecule has 0 saturated carbocycles. The molecular weight excluding hydrogens is 390 g/mol. The summed E-state index contributed by atoms with van der Waals surface area (Å²) in [6.07, 6.45) is 1.62. The van der Waals surface area contributed by atoms with Crippen LogP contribution in [0.3, 0.4) is 0 Å². The SMILES string of the molecule is O=C(Nc1cccc(-c2cn[nH]n2)c1)c1cccc(CN2CCS(=O)(=O)CC2)c1. The highest BCUT2D eigenvalue weighted by atomic mass is 32.2. The molecule has 8 nitrogen and oxygen atoms in total. The van der Waals surface area contributed by atoms with Gasteiger partial charge in [-0.2, -0.15) is 15.4 Å². The molecule has 4 rings (SSSR count). The fourth-order valence-electron chi connectivity index (χ4n) is 3.28. The summed E-state index contributed by atoms with van der Waals surface area (Å²) in [4.78, 5) is 14.8. The Labute approximate surface area is 168 Å². The number of H-pyrrole nitrogens is 1. The predicted molar refractivity (Wildman–Crippen MR) is 110 cm³/mol. The van der Waals surface area contributed by atoms with Crippen LogP contribution in [-0.2, 0) is 16.4 Å². The maximum Gasteiger partial charge on any atom is 0.255 e. The van der Waals surface area contributed by atoms with E-state index in [1.807, 2.05) is 42.5 Å². The first-order valence-corrected chi connectivity index (χ1v) is 11.1. The third-order valence-corrected chi connectivity index (χ3v) is 6.47. The van der Waals surface area contributed by atoms with Crippen molar-refractivity contribution < 1.29 is 13.2 Å². The molecule has 2 heterocycles. The van der Waals surface area contributed by atoms with Crippen molar-refractivity contribution in [2.45, 2.75) is 6.54 Å². The number of carbonyl (C=O) groups is 1. The van der Waals surface area contributed by atoms with Crippen molar-refractivity contribution >= 4 is 21.4 Å². The van der Waals surface area contributed by atoms with Gasteiger partial charge in [0.1, 0.15) is 5.69 Å². The number of amides is 1. The van der Waals surface area contributed by atoms with E-state index in [4.69, 9.17) is 0 Å². The fraction of sp³-hybridized carbons (Fsp3) is 0.250. The summed E-state index contributed by atoms with van der Waals surface area (Å²) in [6, 6.07) is 14.8. The number of anilines is 1. The van der Waals surface area contributed by atoms with Crippen LogP contribution in [0.4, 0.5) is 5.69 Å². The smallest absolute Gasteiger partial charge is 0.255 e. The van der Waals surface area contributed by atoms with Crippen LogP contribution in [0.2, 0.25) is 0 Å². The van der Waals surface area contributed by atoms with E-state index in [1.165, 1.54) is 0 Å². The molecule has 3 aromatic rings. The van der Waals surface area contributed by atoms with Gasteiger partial charge in [-0.15, -0.1) is 0 Å². The molecule has 0 unspecified atom stereocenters. The average Bonchev–Trinajstić information content (AvgIpc) is 3.25. The van der Waals surface area contributed by atoms with Crippen molar-refractivity contribution in [2.75, 3.05) is 29.9 Å². The normalized spacial score (nSPS) is 16.4. The molecule has 1 aliphatic rings. The lowest BCUT2D eigenvalue weighted by Gasteiger charge is -2.26. The minimum atomic E-state index is -2.90. The van der Waals surface area contributed by atoms with Crippen LogP contribution in [0.15, 0.2) is 54.7 Å². The molecule has 0 spiro atoms. The van der Waals surface area contributed by atoms with Crippen molar-refractivity contribution in [3.63, 3.8) is 0 Å². The molecule has 0 bridgehead atoms. The van der Waals surface area contributed by atoms with E-state index in [0.717, 1.165) is 11.1 Å². The van der Waals surface area contributed by atoms with Gasteiger partial charge in [0.25, 0.3) is 5.91 Å². The van der Waals surface area contributed by atoms with Crippen molar-refractivity contribution in [1.82, 2.24) is 20.3 Å². The molecule has 1 fully saturated rings. The first-order chi connectivity index (χ1) is 14.0. The van der Waals surface area contributed by atoms with Crippen molar-refractivity contribution in [3.8, 4) is 11.3 Å². The Hall–Kier alpha value is -3.04. The molecule has 2 N–H and O–H groups in total. The summed E-state index contributed by atoms with van der Waals surface area (Å²) in [6.45, 7) is 1.67. The zero-order valence-corrected chi connectivity index (χ0v) is 16.5. The Kier molecular flexibility index (Phi) is 5.41. The first-order valence-electron chi connectivity index (χ1n) is 9.28. The summed E-state index contributed by atoms with van der Waals surface area (Å²) in [5.41, 5.74) is 3.76. The number of aromatic nitrogens is 3. The lowest BCUT2D eigenvalue weighted by atomic mass is 10.1. The second kappa shape index (κ2) is 8.14. The average molecular weight is 411 g/mol. The van der Waals surface area contributed by atoms with Crippen LogP contribution in [-0.4, -0.2) is 59.2 Å². The standard InChI is InChI=1S/C20H21N5O3S/c26-20(22-18-6-2-4-16(12-18)19-13-21-24-23-19)17-5-1-3-15(11-17)14-25-7-9-29(27,28)10-8-25/h1-6,11-13H,7-10,14H2,(H,22,26)(H,21,23,24). The highest BCUT2D eigenvalue weighted by Crippen LogP contribution is 2.20. The maximum absolute atomic E-state index is 12.7. The third-order valence-electron chi connectivity index (χ3n) is 4.86. The monoisotopic (exact) mass is 411 g/mol. The fourth-order valence-corrected chi connectivity index (χ4v) is 4.55. The number of nitrogens with one attached hydrogen (secondary N) is 2. The number of aromatic amines is 1. The summed E-state index contributed by atoms with van der Waals surface area (Å²) in [5.74, 6) is 0.176. The Morgan fingerprint density at radius 1 is 1.10 bits per heavy atom. The molecule has 1 aromatic heterocycles. The molecule has 29 heavy (non-hydrogen) atoms. The molecule has 1 aliphatic heterocycles. The van der Waals surface area contributed by atoms with Gasteiger partial charge in [0.05, 0.1) is 17.7 Å². The molecule has 2 aromatic carbocycles. The summed E-state index contributed by atoms with van der Waals surface area (Å²) in [5, 5.41) is 13.3. The van der Waals surface area contributed by atoms with Gasteiger partial charge in [-0.1, -0.05) is 24.3 Å². The molecule has 0 radical (unpaired) electrons. The Balaban J connectivity index is 1.43. The maximum atomic E-state index is 12.7. The van der Waals surface area contributed by atoms with Gasteiger partial charge in [0.2, 0.25) is 0 Å². The number of benzene rings is 2. The van der Waals surface area contributed by atoms with Gasteiger partial charge in [0, 0.05) is 36.4 Å². The van der Waals surface area contributed by atoms with E-state index in [9.17, 15) is 13.2 Å². The minimum absolute atomic E-state index is 0.190. The number of sulfone groups is 1. The second-order valence-electron chi connectivity index (χ2n) is 7.02. The van der Waals surface area contributed by atoms with Gasteiger partial charge in [-0.3, -0.25) is 9.69 Å². The Bertz CT molecular complexity index is 1100. The third kappa shape index (κ3) is 4.87. The number of nitrogens with zero attached hydrogens (tertiary/aromatic N) is 3. The molecule has 150 valence electrons. The lowest BCUT2D eigenvalue weighted by molar-refractivity contribution is 0.102. The van der Waals surface area contributed by atoms with E-state index < -0.39 is 9.84 Å². The number of hydrogen-bond acceptors (Lipinski definition) is 6. The summed E-state index contributed by atoms with van der Waals surface area (Å²) >= 11 is 0. The highest BCUT2D eigenvalue weighted by Gasteiger charge is 2.21. The Morgan fingerprint density at radius 3 is 2.66 bits per heavy atom.